The Labute approximate surface area is 192 Å². The van der Waals surface area contributed by atoms with Crippen LogP contribution in [0.2, 0.25) is 5.02 Å². The van der Waals surface area contributed by atoms with Gasteiger partial charge in [0, 0.05) is 35.7 Å². The lowest BCUT2D eigenvalue weighted by molar-refractivity contribution is -0.151. The summed E-state index contributed by atoms with van der Waals surface area (Å²) in [6.45, 7) is 0. The number of carbonyl (C=O) groups is 2. The molecule has 2 atom stereocenters. The zero-order valence-electron chi connectivity index (χ0n) is 17.4. The Morgan fingerprint density at radius 1 is 1.06 bits per heavy atom. The molecule has 9 nitrogen and oxygen atoms in total. The molecule has 3 aliphatic rings. The predicted octanol–water partition coefficient (Wildman–Crippen LogP) is 4.39. The lowest BCUT2D eigenvalue weighted by Crippen LogP contribution is -2.45. The monoisotopic (exact) mass is 465 g/mol. The molecule has 4 aromatic rings. The van der Waals surface area contributed by atoms with E-state index in [0.29, 0.717) is 33.1 Å². The first-order chi connectivity index (χ1) is 15.9. The van der Waals surface area contributed by atoms with Crippen LogP contribution in [0.1, 0.15) is 42.1 Å². The Hall–Kier alpha value is -3.46. The van der Waals surface area contributed by atoms with Crippen LogP contribution in [0.15, 0.2) is 30.9 Å². The molecular weight excluding hydrogens is 446 g/mol. The Morgan fingerprint density at radius 3 is 2.55 bits per heavy atom. The second-order valence-electron chi connectivity index (χ2n) is 8.97. The van der Waals surface area contributed by atoms with E-state index in [0.717, 1.165) is 31.1 Å². The van der Waals surface area contributed by atoms with Gasteiger partial charge in [-0.2, -0.15) is 0 Å². The third-order valence-corrected chi connectivity index (χ3v) is 7.53. The average Bonchev–Trinajstić information content (AvgIpc) is 3.40. The molecule has 0 saturated heterocycles. The minimum atomic E-state index is -1.09. The van der Waals surface area contributed by atoms with E-state index < -0.39 is 17.9 Å². The number of nitrogens with zero attached hydrogens (tertiary/aromatic N) is 4. The average molecular weight is 466 g/mol. The van der Waals surface area contributed by atoms with Gasteiger partial charge in [-0.3, -0.25) is 4.79 Å². The van der Waals surface area contributed by atoms with E-state index in [9.17, 15) is 19.8 Å². The lowest BCUT2D eigenvalue weighted by Gasteiger charge is -2.47. The van der Waals surface area contributed by atoms with Gasteiger partial charge in [-0.15, -0.1) is 0 Å². The molecule has 168 valence electrons. The highest BCUT2D eigenvalue weighted by atomic mass is 35.5. The summed E-state index contributed by atoms with van der Waals surface area (Å²) in [5, 5.41) is 21.5. The Bertz CT molecular complexity index is 1440. The van der Waals surface area contributed by atoms with Crippen molar-refractivity contribution >= 4 is 45.6 Å². The van der Waals surface area contributed by atoms with Gasteiger partial charge in [0.25, 0.3) is 0 Å². The zero-order chi connectivity index (χ0) is 22.9. The molecule has 3 aliphatic carbocycles. The van der Waals surface area contributed by atoms with E-state index in [-0.39, 0.29) is 23.4 Å². The number of aliphatic carboxylic acids is 1. The van der Waals surface area contributed by atoms with Gasteiger partial charge < -0.3 is 19.8 Å². The number of hydrogen-bond donors (Lipinski definition) is 3. The van der Waals surface area contributed by atoms with Gasteiger partial charge in [-0.1, -0.05) is 11.6 Å². The van der Waals surface area contributed by atoms with E-state index in [2.05, 4.69) is 15.0 Å². The van der Waals surface area contributed by atoms with E-state index in [1.807, 2.05) is 0 Å². The number of aromatic amines is 1. The highest BCUT2D eigenvalue weighted by Crippen LogP contribution is 2.52. The van der Waals surface area contributed by atoms with Crippen molar-refractivity contribution in [1.29, 1.82) is 0 Å². The van der Waals surface area contributed by atoms with Gasteiger partial charge >= 0.3 is 11.9 Å². The fourth-order valence-corrected chi connectivity index (χ4v) is 6.04. The van der Waals surface area contributed by atoms with Gasteiger partial charge in [-0.05, 0) is 43.6 Å². The van der Waals surface area contributed by atoms with E-state index in [4.69, 9.17) is 16.6 Å². The first-order valence-corrected chi connectivity index (χ1v) is 11.3. The largest absolute Gasteiger partial charge is 0.481 e. The predicted molar refractivity (Wildman–Crippen MR) is 120 cm³/mol. The number of carboxylic acid groups (broad SMARTS) is 2. The number of halogens is 1. The van der Waals surface area contributed by atoms with E-state index >= 15 is 0 Å². The highest BCUT2D eigenvalue weighted by Gasteiger charge is 2.48. The summed E-state index contributed by atoms with van der Waals surface area (Å²) in [4.78, 5) is 40.8. The van der Waals surface area contributed by atoms with Crippen LogP contribution in [-0.4, -0.2) is 46.7 Å². The molecule has 0 amide bonds. The molecule has 3 saturated carbocycles. The molecule has 10 heteroatoms. The van der Waals surface area contributed by atoms with Crippen LogP contribution in [0.4, 0.5) is 0 Å². The number of pyridine rings is 1. The third kappa shape index (κ3) is 3.02. The molecule has 4 aromatic heterocycles. The van der Waals surface area contributed by atoms with Gasteiger partial charge in [0.1, 0.15) is 11.3 Å². The van der Waals surface area contributed by atoms with Crippen LogP contribution in [-0.2, 0) is 4.79 Å². The van der Waals surface area contributed by atoms with Gasteiger partial charge in [0.2, 0.25) is 0 Å². The summed E-state index contributed by atoms with van der Waals surface area (Å²) in [5.41, 5.74) is 1.83. The number of H-pyrrole nitrogens is 1. The summed E-state index contributed by atoms with van der Waals surface area (Å²) < 4.78 is 1.79. The number of nitrogens with one attached hydrogen (secondary N) is 1. The molecule has 0 unspecified atom stereocenters. The smallest absolute Gasteiger partial charge is 0.337 e. The molecular formula is C23H20ClN5O4. The molecule has 3 N–H and O–H groups in total. The SMILES string of the molecule is O=C(O)c1cn([C@H]2C3CCC(CC3)[C@@H]2C(=O)O)c2nc(-c3c[nH]c4ncc(Cl)cc34)ncc12. The fourth-order valence-electron chi connectivity index (χ4n) is 5.89. The van der Waals surface area contributed by atoms with Crippen LogP contribution in [0.5, 0.6) is 0 Å². The summed E-state index contributed by atoms with van der Waals surface area (Å²) in [6, 6.07) is 1.43. The lowest BCUT2D eigenvalue weighted by atomic mass is 9.61. The van der Waals surface area contributed by atoms with Crippen molar-refractivity contribution in [3.63, 3.8) is 0 Å². The molecule has 33 heavy (non-hydrogen) atoms. The summed E-state index contributed by atoms with van der Waals surface area (Å²) in [6.07, 6.45) is 9.99. The number of aromatic carboxylic acids is 1. The van der Waals surface area contributed by atoms with Crippen LogP contribution in [0.25, 0.3) is 33.5 Å². The van der Waals surface area contributed by atoms with Crippen LogP contribution < -0.4 is 0 Å². The van der Waals surface area contributed by atoms with Crippen molar-refractivity contribution < 1.29 is 19.8 Å². The van der Waals surface area contributed by atoms with Crippen molar-refractivity contribution in [2.75, 3.05) is 0 Å². The van der Waals surface area contributed by atoms with Gasteiger partial charge in [-0.25, -0.2) is 19.7 Å². The first kappa shape index (κ1) is 20.2. The van der Waals surface area contributed by atoms with Crippen LogP contribution in [0, 0.1) is 17.8 Å². The molecule has 2 bridgehead atoms. The fraction of sp³-hybridized carbons (Fsp3) is 0.348. The van der Waals surface area contributed by atoms with Crippen molar-refractivity contribution in [1.82, 2.24) is 24.5 Å². The minimum Gasteiger partial charge on any atom is -0.481 e. The normalized spacial score (nSPS) is 24.5. The van der Waals surface area contributed by atoms with E-state index in [1.54, 1.807) is 29.2 Å². The number of carboxylic acids is 2. The maximum Gasteiger partial charge on any atom is 0.337 e. The maximum atomic E-state index is 12.3. The summed E-state index contributed by atoms with van der Waals surface area (Å²) in [5.74, 6) is -1.84. The highest BCUT2D eigenvalue weighted by molar-refractivity contribution is 6.31. The van der Waals surface area contributed by atoms with Crippen molar-refractivity contribution in [3.8, 4) is 11.4 Å². The van der Waals surface area contributed by atoms with Crippen LogP contribution >= 0.6 is 11.6 Å². The number of rotatable bonds is 4. The maximum absolute atomic E-state index is 12.3. The zero-order valence-corrected chi connectivity index (χ0v) is 18.2. The molecule has 4 heterocycles. The second-order valence-corrected chi connectivity index (χ2v) is 9.40. The summed E-state index contributed by atoms with van der Waals surface area (Å²) in [7, 11) is 0. The Morgan fingerprint density at radius 2 is 1.82 bits per heavy atom. The molecule has 0 aliphatic heterocycles. The molecule has 0 aromatic carbocycles. The summed E-state index contributed by atoms with van der Waals surface area (Å²) >= 11 is 6.13. The Kier molecular flexibility index (Phi) is 4.45. The number of fused-ring (bicyclic) bond motifs is 5. The van der Waals surface area contributed by atoms with Crippen LogP contribution in [0.3, 0.4) is 0 Å². The van der Waals surface area contributed by atoms with Crippen molar-refractivity contribution in [2.24, 2.45) is 17.8 Å². The number of hydrogen-bond acceptors (Lipinski definition) is 5. The van der Waals surface area contributed by atoms with Gasteiger partial charge in [0.15, 0.2) is 5.82 Å². The van der Waals surface area contributed by atoms with Crippen molar-refractivity contribution in [3.05, 3.63) is 41.4 Å². The van der Waals surface area contributed by atoms with Gasteiger partial charge in [0.05, 0.1) is 27.9 Å². The topological polar surface area (TPSA) is 134 Å². The number of aromatic nitrogens is 5. The standard InChI is InChI=1S/C23H20ClN5O4/c24-12-5-13-14(7-26-19(13)25-6-12)20-27-8-15-16(22(30)31)9-29(21(15)28-20)18-11-3-1-10(2-4-11)17(18)23(32)33/h5-11,17-18H,1-4H2,(H,25,26)(H,30,31)(H,32,33)/t10?,11?,17-,18-/m0/s1. The first-order valence-electron chi connectivity index (χ1n) is 10.9. The molecule has 3 fully saturated rings. The quantitative estimate of drug-likeness (QED) is 0.407. The minimum absolute atomic E-state index is 0.0748. The third-order valence-electron chi connectivity index (χ3n) is 7.32. The van der Waals surface area contributed by atoms with E-state index in [1.165, 1.54) is 6.20 Å². The molecule has 7 rings (SSSR count). The Balaban J connectivity index is 1.57. The second kappa shape index (κ2) is 7.28. The van der Waals surface area contributed by atoms with Crippen molar-refractivity contribution in [2.45, 2.75) is 31.7 Å². The molecule has 0 radical (unpaired) electrons. The molecule has 0 spiro atoms.